The topological polar surface area (TPSA) is 93.8 Å². The number of halogens is 1. The second-order valence-corrected chi connectivity index (χ2v) is 6.77. The van der Waals surface area contributed by atoms with Crippen LogP contribution in [0.25, 0.3) is 22.7 Å². The van der Waals surface area contributed by atoms with E-state index in [1.54, 1.807) is 18.2 Å². The number of hydrogen-bond acceptors (Lipinski definition) is 7. The zero-order chi connectivity index (χ0) is 20.1. The summed E-state index contributed by atoms with van der Waals surface area (Å²) in [6.45, 7) is 0. The lowest BCUT2D eigenvalue weighted by Gasteiger charge is -2.05. The molecule has 0 saturated heterocycles. The van der Waals surface area contributed by atoms with Crippen molar-refractivity contribution in [1.29, 1.82) is 0 Å². The van der Waals surface area contributed by atoms with Crippen molar-refractivity contribution >= 4 is 23.6 Å². The van der Waals surface area contributed by atoms with Gasteiger partial charge in [-0.1, -0.05) is 30.0 Å². The van der Waals surface area contributed by atoms with Crippen LogP contribution >= 0.6 is 11.8 Å². The molecule has 0 atom stereocenters. The van der Waals surface area contributed by atoms with Crippen LogP contribution in [-0.2, 0) is 4.79 Å². The third-order valence-corrected chi connectivity index (χ3v) is 4.62. The molecule has 29 heavy (non-hydrogen) atoms. The fraction of sp³-hybridized carbons (Fsp3) is 0.0500. The summed E-state index contributed by atoms with van der Waals surface area (Å²) >= 11 is 1.12. The molecule has 1 amide bonds. The number of rotatable bonds is 6. The van der Waals surface area contributed by atoms with Crippen LogP contribution in [-0.4, -0.2) is 31.8 Å². The maximum atomic E-state index is 13.1. The van der Waals surface area contributed by atoms with Crippen molar-refractivity contribution in [1.82, 2.24) is 20.2 Å². The lowest BCUT2D eigenvalue weighted by atomic mass is 10.1. The Kier molecular flexibility index (Phi) is 5.57. The number of thioether (sulfide) groups is 1. The molecule has 4 aromatic rings. The van der Waals surface area contributed by atoms with Crippen molar-refractivity contribution < 1.29 is 13.6 Å². The predicted octanol–water partition coefficient (Wildman–Crippen LogP) is 4.06. The average Bonchev–Trinajstić information content (AvgIpc) is 3.23. The Morgan fingerprint density at radius 1 is 1.00 bits per heavy atom. The molecule has 0 unspecified atom stereocenters. The predicted molar refractivity (Wildman–Crippen MR) is 107 cm³/mol. The summed E-state index contributed by atoms with van der Waals surface area (Å²) in [5.41, 5.74) is 2.10. The normalized spacial score (nSPS) is 10.7. The van der Waals surface area contributed by atoms with Gasteiger partial charge in [0, 0.05) is 17.3 Å². The number of hydrogen-bond donors (Lipinski definition) is 1. The molecule has 0 radical (unpaired) electrons. The van der Waals surface area contributed by atoms with E-state index in [1.165, 1.54) is 18.3 Å². The zero-order valence-corrected chi connectivity index (χ0v) is 15.8. The highest BCUT2D eigenvalue weighted by Crippen LogP contribution is 2.23. The van der Waals surface area contributed by atoms with Crippen LogP contribution < -0.4 is 5.32 Å². The SMILES string of the molecule is O=C(CSc1nnc(-c2ccccc2)o1)Nc1nccc(-c2ccc(F)cc2)n1. The fourth-order valence-corrected chi connectivity index (χ4v) is 3.02. The van der Waals surface area contributed by atoms with Gasteiger partial charge in [0.05, 0.1) is 11.4 Å². The zero-order valence-electron chi connectivity index (χ0n) is 14.9. The average molecular weight is 407 g/mol. The summed E-state index contributed by atoms with van der Waals surface area (Å²) in [5, 5.41) is 10.8. The van der Waals surface area contributed by atoms with Crippen molar-refractivity contribution in [3.8, 4) is 22.7 Å². The van der Waals surface area contributed by atoms with E-state index in [0.717, 1.165) is 22.9 Å². The molecule has 0 fully saturated rings. The smallest absolute Gasteiger partial charge is 0.277 e. The standard InChI is InChI=1S/C20H14FN5O2S/c21-15-8-6-13(7-9-15)16-10-11-22-19(23-16)24-17(27)12-29-20-26-25-18(28-20)14-4-2-1-3-5-14/h1-11H,12H2,(H,22,23,24,27). The molecule has 144 valence electrons. The van der Waals surface area contributed by atoms with E-state index in [2.05, 4.69) is 25.5 Å². The van der Waals surface area contributed by atoms with Crippen LogP contribution in [0, 0.1) is 5.82 Å². The van der Waals surface area contributed by atoms with Crippen LogP contribution in [0.4, 0.5) is 10.3 Å². The van der Waals surface area contributed by atoms with E-state index in [4.69, 9.17) is 4.42 Å². The number of amides is 1. The van der Waals surface area contributed by atoms with Crippen LogP contribution in [0.3, 0.4) is 0 Å². The number of carbonyl (C=O) groups excluding carboxylic acids is 1. The lowest BCUT2D eigenvalue weighted by Crippen LogP contribution is -2.16. The minimum atomic E-state index is -0.329. The third kappa shape index (κ3) is 4.82. The van der Waals surface area contributed by atoms with Crippen molar-refractivity contribution in [2.45, 2.75) is 5.22 Å². The summed E-state index contributed by atoms with van der Waals surface area (Å²) in [4.78, 5) is 20.5. The van der Waals surface area contributed by atoms with Gasteiger partial charge in [0.25, 0.3) is 5.22 Å². The van der Waals surface area contributed by atoms with Gasteiger partial charge in [-0.3, -0.25) is 10.1 Å². The first-order valence-electron chi connectivity index (χ1n) is 8.58. The van der Waals surface area contributed by atoms with E-state index < -0.39 is 0 Å². The summed E-state index contributed by atoms with van der Waals surface area (Å²) in [5.74, 6) is -0.0344. The first-order valence-corrected chi connectivity index (χ1v) is 9.56. The van der Waals surface area contributed by atoms with Crippen LogP contribution in [0.2, 0.25) is 0 Å². The van der Waals surface area contributed by atoms with Gasteiger partial charge in [-0.15, -0.1) is 10.2 Å². The first kappa shape index (κ1) is 18.8. The Hall–Kier alpha value is -3.59. The number of nitrogens with one attached hydrogen (secondary N) is 1. The molecule has 0 saturated carbocycles. The summed E-state index contributed by atoms with van der Waals surface area (Å²) in [6, 6.07) is 17.0. The monoisotopic (exact) mass is 407 g/mol. The number of benzene rings is 2. The highest BCUT2D eigenvalue weighted by atomic mass is 32.2. The molecule has 0 spiro atoms. The second-order valence-electron chi connectivity index (χ2n) is 5.85. The van der Waals surface area contributed by atoms with Gasteiger partial charge in [0.1, 0.15) is 5.82 Å². The van der Waals surface area contributed by atoms with Gasteiger partial charge in [-0.05, 0) is 42.5 Å². The molecule has 4 rings (SSSR count). The van der Waals surface area contributed by atoms with E-state index in [1.807, 2.05) is 30.3 Å². The van der Waals surface area contributed by atoms with Gasteiger partial charge in [0.15, 0.2) is 0 Å². The number of aromatic nitrogens is 4. The molecule has 2 heterocycles. The number of nitrogens with zero attached hydrogens (tertiary/aromatic N) is 4. The number of carbonyl (C=O) groups is 1. The third-order valence-electron chi connectivity index (χ3n) is 3.80. The Morgan fingerprint density at radius 2 is 1.79 bits per heavy atom. The van der Waals surface area contributed by atoms with E-state index in [0.29, 0.717) is 16.8 Å². The molecule has 1 N–H and O–H groups in total. The minimum absolute atomic E-state index is 0.0561. The molecule has 0 bridgehead atoms. The molecular formula is C20H14FN5O2S. The van der Waals surface area contributed by atoms with Crippen molar-refractivity contribution in [2.24, 2.45) is 0 Å². The molecule has 2 aromatic heterocycles. The molecule has 0 aliphatic rings. The maximum absolute atomic E-state index is 13.1. The van der Waals surface area contributed by atoms with E-state index in [-0.39, 0.29) is 23.4 Å². The highest BCUT2D eigenvalue weighted by molar-refractivity contribution is 7.99. The molecule has 0 aliphatic heterocycles. The first-order chi connectivity index (χ1) is 14.2. The van der Waals surface area contributed by atoms with E-state index >= 15 is 0 Å². The van der Waals surface area contributed by atoms with E-state index in [9.17, 15) is 9.18 Å². The van der Waals surface area contributed by atoms with Gasteiger partial charge in [-0.2, -0.15) is 0 Å². The van der Waals surface area contributed by atoms with Gasteiger partial charge in [-0.25, -0.2) is 14.4 Å². The van der Waals surface area contributed by atoms with Crippen LogP contribution in [0.5, 0.6) is 0 Å². The maximum Gasteiger partial charge on any atom is 0.277 e. The summed E-state index contributed by atoms with van der Waals surface area (Å²) in [6.07, 6.45) is 1.53. The fourth-order valence-electron chi connectivity index (χ4n) is 2.45. The molecule has 7 nitrogen and oxygen atoms in total. The second kappa shape index (κ2) is 8.61. The summed E-state index contributed by atoms with van der Waals surface area (Å²) in [7, 11) is 0. The molecule has 0 aliphatic carbocycles. The molecule has 9 heteroatoms. The quantitative estimate of drug-likeness (QED) is 0.482. The molecule has 2 aromatic carbocycles. The van der Waals surface area contributed by atoms with Gasteiger partial charge >= 0.3 is 0 Å². The largest absolute Gasteiger partial charge is 0.411 e. The Balaban J connectivity index is 1.36. The Bertz CT molecular complexity index is 1120. The number of anilines is 1. The lowest BCUT2D eigenvalue weighted by molar-refractivity contribution is -0.113. The van der Waals surface area contributed by atoms with Gasteiger partial charge in [0.2, 0.25) is 17.7 Å². The Morgan fingerprint density at radius 3 is 2.59 bits per heavy atom. The van der Waals surface area contributed by atoms with Crippen LogP contribution in [0.1, 0.15) is 0 Å². The van der Waals surface area contributed by atoms with Crippen molar-refractivity contribution in [3.05, 3.63) is 72.7 Å². The van der Waals surface area contributed by atoms with Crippen LogP contribution in [0.15, 0.2) is 76.5 Å². The minimum Gasteiger partial charge on any atom is -0.411 e. The van der Waals surface area contributed by atoms with Crippen molar-refractivity contribution in [3.63, 3.8) is 0 Å². The van der Waals surface area contributed by atoms with Crippen molar-refractivity contribution in [2.75, 3.05) is 11.1 Å². The summed E-state index contributed by atoms with van der Waals surface area (Å²) < 4.78 is 18.6. The van der Waals surface area contributed by atoms with Gasteiger partial charge < -0.3 is 4.42 Å². The Labute approximate surface area is 169 Å². The highest BCUT2D eigenvalue weighted by Gasteiger charge is 2.12. The molecular weight excluding hydrogens is 393 g/mol.